The predicted octanol–water partition coefficient (Wildman–Crippen LogP) is 5.19. The van der Waals surface area contributed by atoms with E-state index >= 15 is 0 Å². The van der Waals surface area contributed by atoms with Crippen molar-refractivity contribution in [2.24, 2.45) is 0 Å². The van der Waals surface area contributed by atoms with Crippen LogP contribution in [0.15, 0.2) is 18.2 Å². The van der Waals surface area contributed by atoms with Crippen LogP contribution in [0.1, 0.15) is 40.0 Å². The van der Waals surface area contributed by atoms with E-state index in [2.05, 4.69) is 5.32 Å². The Balaban J connectivity index is 1.90. The summed E-state index contributed by atoms with van der Waals surface area (Å²) in [5.41, 5.74) is 0.497. The van der Waals surface area contributed by atoms with Gasteiger partial charge < -0.3 is 15.0 Å². The predicted molar refractivity (Wildman–Crippen MR) is 95.5 cm³/mol. The zero-order chi connectivity index (χ0) is 17.0. The molecule has 1 atom stereocenters. The van der Waals surface area contributed by atoms with Gasteiger partial charge in [-0.3, -0.25) is 0 Å². The van der Waals surface area contributed by atoms with E-state index in [0.29, 0.717) is 22.6 Å². The molecule has 6 heteroatoms. The van der Waals surface area contributed by atoms with Crippen LogP contribution in [0.25, 0.3) is 0 Å². The summed E-state index contributed by atoms with van der Waals surface area (Å²) in [6, 6.07) is 5.85. The number of carbonyl (C=O) groups is 1. The van der Waals surface area contributed by atoms with Crippen molar-refractivity contribution in [1.82, 2.24) is 4.90 Å². The second kappa shape index (κ2) is 7.63. The van der Waals surface area contributed by atoms with E-state index in [9.17, 15) is 4.79 Å². The molecule has 0 spiro atoms. The molecule has 1 aromatic carbocycles. The Labute approximate surface area is 148 Å². The average molecular weight is 359 g/mol. The molecule has 1 unspecified atom stereocenters. The van der Waals surface area contributed by atoms with Crippen LogP contribution in [0.4, 0.5) is 10.5 Å². The summed E-state index contributed by atoms with van der Waals surface area (Å²) in [6.45, 7) is 7.08. The third kappa shape index (κ3) is 5.78. The first kappa shape index (κ1) is 18.2. The number of halogens is 2. The number of likely N-dealkylation sites (tertiary alicyclic amines) is 1. The minimum Gasteiger partial charge on any atom is -0.444 e. The van der Waals surface area contributed by atoms with Crippen molar-refractivity contribution in [1.29, 1.82) is 0 Å². The van der Waals surface area contributed by atoms with Crippen molar-refractivity contribution in [3.8, 4) is 0 Å². The topological polar surface area (TPSA) is 41.6 Å². The maximum absolute atomic E-state index is 12.2. The molecule has 1 amide bonds. The van der Waals surface area contributed by atoms with E-state index in [-0.39, 0.29) is 6.09 Å². The highest BCUT2D eigenvalue weighted by atomic mass is 35.5. The van der Waals surface area contributed by atoms with Gasteiger partial charge in [0, 0.05) is 24.8 Å². The van der Waals surface area contributed by atoms with E-state index < -0.39 is 5.60 Å². The zero-order valence-corrected chi connectivity index (χ0v) is 15.4. The molecule has 1 aliphatic heterocycles. The van der Waals surface area contributed by atoms with E-state index in [1.54, 1.807) is 11.0 Å². The Morgan fingerprint density at radius 3 is 2.61 bits per heavy atom. The summed E-state index contributed by atoms with van der Waals surface area (Å²) in [7, 11) is 0. The SMILES string of the molecule is CC(C)(C)OC(=O)N1CCCC(Nc2ccc(Cl)c(Cl)c2)CC1. The monoisotopic (exact) mass is 358 g/mol. The van der Waals surface area contributed by atoms with Crippen LogP contribution in [-0.4, -0.2) is 35.7 Å². The number of hydrogen-bond donors (Lipinski definition) is 1. The molecule has 0 radical (unpaired) electrons. The molecule has 23 heavy (non-hydrogen) atoms. The van der Waals surface area contributed by atoms with Crippen LogP contribution in [0.3, 0.4) is 0 Å². The molecule has 1 fully saturated rings. The lowest BCUT2D eigenvalue weighted by Gasteiger charge is -2.26. The number of ether oxygens (including phenoxy) is 1. The number of hydrogen-bond acceptors (Lipinski definition) is 3. The molecule has 1 saturated heterocycles. The highest BCUT2D eigenvalue weighted by Crippen LogP contribution is 2.26. The lowest BCUT2D eigenvalue weighted by molar-refractivity contribution is 0.0256. The van der Waals surface area contributed by atoms with E-state index in [0.717, 1.165) is 31.5 Å². The highest BCUT2D eigenvalue weighted by molar-refractivity contribution is 6.42. The smallest absolute Gasteiger partial charge is 0.410 e. The molecule has 1 heterocycles. The number of amides is 1. The third-order valence-corrected chi connectivity index (χ3v) is 4.41. The van der Waals surface area contributed by atoms with Crippen LogP contribution in [-0.2, 0) is 4.74 Å². The number of carbonyl (C=O) groups excluding carboxylic acids is 1. The Morgan fingerprint density at radius 2 is 1.96 bits per heavy atom. The van der Waals surface area contributed by atoms with Gasteiger partial charge in [-0.1, -0.05) is 23.2 Å². The minimum absolute atomic E-state index is 0.229. The summed E-state index contributed by atoms with van der Waals surface area (Å²) in [5, 5.41) is 4.57. The summed E-state index contributed by atoms with van der Waals surface area (Å²) >= 11 is 12.0. The number of rotatable bonds is 2. The molecule has 128 valence electrons. The highest BCUT2D eigenvalue weighted by Gasteiger charge is 2.25. The molecule has 1 aliphatic rings. The van der Waals surface area contributed by atoms with Crippen molar-refractivity contribution in [2.45, 2.75) is 51.7 Å². The van der Waals surface area contributed by atoms with Crippen molar-refractivity contribution in [3.63, 3.8) is 0 Å². The van der Waals surface area contributed by atoms with Gasteiger partial charge in [0.1, 0.15) is 5.60 Å². The molecule has 4 nitrogen and oxygen atoms in total. The lowest BCUT2D eigenvalue weighted by atomic mass is 10.1. The van der Waals surface area contributed by atoms with Gasteiger partial charge in [-0.15, -0.1) is 0 Å². The summed E-state index contributed by atoms with van der Waals surface area (Å²) in [4.78, 5) is 14.0. The normalized spacial score (nSPS) is 19.2. The van der Waals surface area contributed by atoms with Gasteiger partial charge in [0.15, 0.2) is 0 Å². The Kier molecular flexibility index (Phi) is 6.04. The van der Waals surface area contributed by atoms with Crippen LogP contribution < -0.4 is 5.32 Å². The molecule has 0 bridgehead atoms. The fourth-order valence-corrected chi connectivity index (χ4v) is 2.87. The van der Waals surface area contributed by atoms with Gasteiger partial charge in [-0.2, -0.15) is 0 Å². The number of anilines is 1. The molecule has 1 aromatic rings. The fourth-order valence-electron chi connectivity index (χ4n) is 2.57. The summed E-state index contributed by atoms with van der Waals surface area (Å²) in [5.74, 6) is 0. The second-order valence-electron chi connectivity index (χ2n) is 6.87. The third-order valence-electron chi connectivity index (χ3n) is 3.67. The van der Waals surface area contributed by atoms with Gasteiger partial charge >= 0.3 is 6.09 Å². The average Bonchev–Trinajstić information content (AvgIpc) is 2.67. The van der Waals surface area contributed by atoms with Gasteiger partial charge in [0.05, 0.1) is 10.0 Å². The fraction of sp³-hybridized carbons (Fsp3) is 0.588. The van der Waals surface area contributed by atoms with Crippen LogP contribution in [0.2, 0.25) is 10.0 Å². The molecular formula is C17H24Cl2N2O2. The van der Waals surface area contributed by atoms with Crippen LogP contribution in [0, 0.1) is 0 Å². The van der Waals surface area contributed by atoms with Gasteiger partial charge in [0.2, 0.25) is 0 Å². The largest absolute Gasteiger partial charge is 0.444 e. The Morgan fingerprint density at radius 1 is 1.22 bits per heavy atom. The van der Waals surface area contributed by atoms with Crippen molar-refractivity contribution in [3.05, 3.63) is 28.2 Å². The van der Waals surface area contributed by atoms with Gasteiger partial charge in [-0.05, 0) is 58.2 Å². The van der Waals surface area contributed by atoms with Crippen molar-refractivity contribution < 1.29 is 9.53 Å². The van der Waals surface area contributed by atoms with Gasteiger partial charge in [0.25, 0.3) is 0 Å². The molecule has 1 N–H and O–H groups in total. The molecule has 0 saturated carbocycles. The lowest BCUT2D eigenvalue weighted by Crippen LogP contribution is -2.37. The molecular weight excluding hydrogens is 335 g/mol. The van der Waals surface area contributed by atoms with Gasteiger partial charge in [-0.25, -0.2) is 4.79 Å². The maximum atomic E-state index is 12.2. The first-order valence-corrected chi connectivity index (χ1v) is 8.70. The van der Waals surface area contributed by atoms with Crippen molar-refractivity contribution in [2.75, 3.05) is 18.4 Å². The Bertz CT molecular complexity index is 558. The summed E-state index contributed by atoms with van der Waals surface area (Å²) < 4.78 is 5.45. The van der Waals surface area contributed by atoms with E-state index in [4.69, 9.17) is 27.9 Å². The number of benzene rings is 1. The second-order valence-corrected chi connectivity index (χ2v) is 7.68. The van der Waals surface area contributed by atoms with Crippen molar-refractivity contribution >= 4 is 35.0 Å². The van der Waals surface area contributed by atoms with E-state index in [1.165, 1.54) is 0 Å². The molecule has 0 aliphatic carbocycles. The first-order valence-electron chi connectivity index (χ1n) is 7.94. The number of nitrogens with zero attached hydrogens (tertiary/aromatic N) is 1. The van der Waals surface area contributed by atoms with Crippen LogP contribution >= 0.6 is 23.2 Å². The van der Waals surface area contributed by atoms with Crippen LogP contribution in [0.5, 0.6) is 0 Å². The number of nitrogens with one attached hydrogen (secondary N) is 1. The molecule has 0 aromatic heterocycles. The minimum atomic E-state index is -0.457. The molecule has 2 rings (SSSR count). The quantitative estimate of drug-likeness (QED) is 0.790. The van der Waals surface area contributed by atoms with E-state index in [1.807, 2.05) is 32.9 Å². The standard InChI is InChI=1S/C17H24Cl2N2O2/c1-17(2,3)23-16(22)21-9-4-5-12(8-10-21)20-13-6-7-14(18)15(19)11-13/h6-7,11-12,20H,4-5,8-10H2,1-3H3. The zero-order valence-electron chi connectivity index (χ0n) is 13.9. The maximum Gasteiger partial charge on any atom is 0.410 e. The first-order chi connectivity index (χ1) is 10.7. The Hall–Kier alpha value is -1.13. The summed E-state index contributed by atoms with van der Waals surface area (Å²) in [6.07, 6.45) is 2.59.